The number of sulfonamides is 1. The van der Waals surface area contributed by atoms with Crippen molar-refractivity contribution in [2.24, 2.45) is 0 Å². The summed E-state index contributed by atoms with van der Waals surface area (Å²) in [6.45, 7) is 0. The van der Waals surface area contributed by atoms with Gasteiger partial charge < -0.3 is 0 Å². The molecule has 0 aliphatic rings. The summed E-state index contributed by atoms with van der Waals surface area (Å²) in [5.41, 5.74) is 0. The Bertz CT molecular complexity index is 662. The van der Waals surface area contributed by atoms with Crippen molar-refractivity contribution in [1.29, 1.82) is 0 Å². The molecule has 1 aromatic heterocycles. The van der Waals surface area contributed by atoms with E-state index in [1.54, 1.807) is 0 Å². The van der Waals surface area contributed by atoms with E-state index in [4.69, 9.17) is 23.2 Å². The minimum absolute atomic E-state index is 0.00236. The molecule has 0 aliphatic heterocycles. The van der Waals surface area contributed by atoms with E-state index < -0.39 is 10.0 Å². The van der Waals surface area contributed by atoms with Gasteiger partial charge in [-0.1, -0.05) is 23.2 Å². The van der Waals surface area contributed by atoms with E-state index in [0.29, 0.717) is 0 Å². The minimum Gasteiger partial charge on any atom is -0.262 e. The van der Waals surface area contributed by atoms with Crippen molar-refractivity contribution in [1.82, 2.24) is 9.97 Å². The number of rotatable bonds is 3. The molecular weight excluding hydrogens is 297 g/mol. The highest BCUT2D eigenvalue weighted by molar-refractivity contribution is 7.92. The van der Waals surface area contributed by atoms with Gasteiger partial charge in [-0.2, -0.15) is 0 Å². The van der Waals surface area contributed by atoms with Gasteiger partial charge in [0.25, 0.3) is 10.0 Å². The van der Waals surface area contributed by atoms with Gasteiger partial charge in [0.05, 0.1) is 21.1 Å². The molecule has 1 aromatic carbocycles. The summed E-state index contributed by atoms with van der Waals surface area (Å²) in [6, 6.07) is 4.03. The maximum absolute atomic E-state index is 12.0. The molecule has 0 amide bonds. The third kappa shape index (κ3) is 2.90. The molecule has 0 saturated carbocycles. The minimum atomic E-state index is -3.75. The second kappa shape index (κ2) is 5.09. The fourth-order valence-corrected chi connectivity index (χ4v) is 2.57. The van der Waals surface area contributed by atoms with Gasteiger partial charge in [0.1, 0.15) is 0 Å². The molecule has 0 radical (unpaired) electrons. The predicted octanol–water partition coefficient (Wildman–Crippen LogP) is 2.58. The lowest BCUT2D eigenvalue weighted by atomic mass is 10.4. The van der Waals surface area contributed by atoms with E-state index in [9.17, 15) is 8.42 Å². The van der Waals surface area contributed by atoms with Crippen molar-refractivity contribution in [3.8, 4) is 0 Å². The molecule has 0 spiro atoms. The quantitative estimate of drug-likeness (QED) is 0.946. The number of hydrogen-bond donors (Lipinski definition) is 1. The van der Waals surface area contributed by atoms with E-state index >= 15 is 0 Å². The van der Waals surface area contributed by atoms with Crippen molar-refractivity contribution < 1.29 is 8.42 Å². The SMILES string of the molecule is O=S(=O)(Nc1cnccn1)c1ccc(Cl)c(Cl)c1. The lowest BCUT2D eigenvalue weighted by molar-refractivity contribution is 0.601. The molecular formula is C10H7Cl2N3O2S. The number of hydrogen-bond acceptors (Lipinski definition) is 4. The molecule has 94 valence electrons. The summed E-state index contributed by atoms with van der Waals surface area (Å²) in [4.78, 5) is 7.58. The van der Waals surface area contributed by atoms with E-state index in [1.165, 1.54) is 36.8 Å². The Hall–Kier alpha value is -1.37. The molecule has 0 aliphatic carbocycles. The predicted molar refractivity (Wildman–Crippen MR) is 69.3 cm³/mol. The monoisotopic (exact) mass is 303 g/mol. The molecule has 0 unspecified atom stereocenters. The number of nitrogens with one attached hydrogen (secondary N) is 1. The van der Waals surface area contributed by atoms with Crippen LogP contribution in [0, 0.1) is 0 Å². The average molecular weight is 304 g/mol. The van der Waals surface area contributed by atoms with Gasteiger partial charge >= 0.3 is 0 Å². The van der Waals surface area contributed by atoms with Gasteiger partial charge in [-0.3, -0.25) is 9.71 Å². The van der Waals surface area contributed by atoms with Gasteiger partial charge in [0, 0.05) is 12.4 Å². The highest BCUT2D eigenvalue weighted by Crippen LogP contribution is 2.25. The van der Waals surface area contributed by atoms with Gasteiger partial charge in [0.15, 0.2) is 5.82 Å². The van der Waals surface area contributed by atoms with Crippen LogP contribution in [0.2, 0.25) is 10.0 Å². The van der Waals surface area contributed by atoms with Crippen LogP contribution in [0.5, 0.6) is 0 Å². The van der Waals surface area contributed by atoms with Crippen LogP contribution in [-0.2, 0) is 10.0 Å². The fourth-order valence-electron chi connectivity index (χ4n) is 1.19. The Kier molecular flexibility index (Phi) is 3.70. The summed E-state index contributed by atoms with van der Waals surface area (Å²) in [6.07, 6.45) is 4.12. The maximum atomic E-state index is 12.0. The standard InChI is InChI=1S/C10H7Cl2N3O2S/c11-8-2-1-7(5-9(8)12)18(16,17)15-10-6-13-3-4-14-10/h1-6H,(H,14,15). The molecule has 0 atom stereocenters. The summed E-state index contributed by atoms with van der Waals surface area (Å²) >= 11 is 11.5. The van der Waals surface area contributed by atoms with Gasteiger partial charge in [-0.25, -0.2) is 13.4 Å². The molecule has 0 fully saturated rings. The Morgan fingerprint density at radius 2 is 1.89 bits per heavy atom. The Morgan fingerprint density at radius 3 is 2.50 bits per heavy atom. The van der Waals surface area contributed by atoms with Crippen LogP contribution in [0.4, 0.5) is 5.82 Å². The molecule has 2 aromatic rings. The largest absolute Gasteiger partial charge is 0.263 e. The van der Waals surface area contributed by atoms with E-state index in [2.05, 4.69) is 14.7 Å². The fraction of sp³-hybridized carbons (Fsp3) is 0. The van der Waals surface area contributed by atoms with Crippen molar-refractivity contribution >= 4 is 39.0 Å². The van der Waals surface area contributed by atoms with Crippen LogP contribution in [-0.4, -0.2) is 18.4 Å². The van der Waals surface area contributed by atoms with Crippen LogP contribution >= 0.6 is 23.2 Å². The third-order valence-corrected chi connectivity index (χ3v) is 4.09. The first-order chi connectivity index (χ1) is 8.49. The van der Waals surface area contributed by atoms with Crippen molar-refractivity contribution in [2.45, 2.75) is 4.90 Å². The van der Waals surface area contributed by atoms with Crippen molar-refractivity contribution in [3.63, 3.8) is 0 Å². The average Bonchev–Trinajstić information content (AvgIpc) is 2.33. The molecule has 0 bridgehead atoms. The van der Waals surface area contributed by atoms with E-state index in [-0.39, 0.29) is 20.8 Å². The van der Waals surface area contributed by atoms with Crippen molar-refractivity contribution in [3.05, 3.63) is 46.8 Å². The lowest BCUT2D eigenvalue weighted by Gasteiger charge is -2.07. The zero-order valence-corrected chi connectivity index (χ0v) is 11.2. The normalized spacial score (nSPS) is 11.2. The van der Waals surface area contributed by atoms with E-state index in [1.807, 2.05) is 0 Å². The van der Waals surface area contributed by atoms with Crippen LogP contribution in [0.25, 0.3) is 0 Å². The number of aromatic nitrogens is 2. The highest BCUT2D eigenvalue weighted by atomic mass is 35.5. The summed E-state index contributed by atoms with van der Waals surface area (Å²) < 4.78 is 26.2. The summed E-state index contributed by atoms with van der Waals surface area (Å²) in [7, 11) is -3.75. The molecule has 1 N–H and O–H groups in total. The Labute approximate surface area is 114 Å². The summed E-state index contributed by atoms with van der Waals surface area (Å²) in [5.74, 6) is 0.128. The Balaban J connectivity index is 2.34. The number of halogens is 2. The number of benzene rings is 1. The molecule has 8 heteroatoms. The smallest absolute Gasteiger partial charge is 0.262 e. The highest BCUT2D eigenvalue weighted by Gasteiger charge is 2.16. The molecule has 18 heavy (non-hydrogen) atoms. The van der Waals surface area contributed by atoms with Gasteiger partial charge in [-0.05, 0) is 18.2 Å². The first-order valence-corrected chi connectivity index (χ1v) is 6.97. The van der Waals surface area contributed by atoms with Crippen LogP contribution in [0.1, 0.15) is 0 Å². The van der Waals surface area contributed by atoms with Crippen LogP contribution in [0.15, 0.2) is 41.7 Å². The molecule has 0 saturated heterocycles. The van der Waals surface area contributed by atoms with Crippen LogP contribution in [0.3, 0.4) is 0 Å². The zero-order valence-electron chi connectivity index (χ0n) is 8.84. The second-order valence-electron chi connectivity index (χ2n) is 3.27. The number of nitrogens with zero attached hydrogens (tertiary/aromatic N) is 2. The van der Waals surface area contributed by atoms with E-state index in [0.717, 1.165) is 0 Å². The molecule has 5 nitrogen and oxygen atoms in total. The second-order valence-corrected chi connectivity index (χ2v) is 5.77. The number of anilines is 1. The molecule has 2 rings (SSSR count). The van der Waals surface area contributed by atoms with Crippen LogP contribution < -0.4 is 4.72 Å². The first-order valence-electron chi connectivity index (χ1n) is 4.73. The molecule has 1 heterocycles. The van der Waals surface area contributed by atoms with Gasteiger partial charge in [-0.15, -0.1) is 0 Å². The maximum Gasteiger partial charge on any atom is 0.263 e. The zero-order chi connectivity index (χ0) is 13.2. The summed E-state index contributed by atoms with van der Waals surface area (Å²) in [5, 5.41) is 0.453. The third-order valence-electron chi connectivity index (χ3n) is 2.00. The Morgan fingerprint density at radius 1 is 1.11 bits per heavy atom. The van der Waals surface area contributed by atoms with Crippen molar-refractivity contribution in [2.75, 3.05) is 4.72 Å². The lowest BCUT2D eigenvalue weighted by Crippen LogP contribution is -2.13. The van der Waals surface area contributed by atoms with Gasteiger partial charge in [0.2, 0.25) is 0 Å². The first kappa shape index (κ1) is 13.1. The topological polar surface area (TPSA) is 72.0 Å².